The van der Waals surface area contributed by atoms with Crippen LogP contribution >= 0.6 is 15.9 Å². The first-order valence-electron chi connectivity index (χ1n) is 7.14. The Bertz CT molecular complexity index is 1050. The molecule has 2 amide bonds. The molecule has 3 aromatic rings. The molecule has 0 saturated carbocycles. The second-order valence-electron chi connectivity index (χ2n) is 5.12. The largest absolute Gasteiger partial charge is 0.290 e. The molecule has 0 aliphatic carbocycles. The fourth-order valence-electron chi connectivity index (χ4n) is 2.25. The van der Waals surface area contributed by atoms with E-state index in [0.717, 1.165) is 4.68 Å². The molecule has 0 unspecified atom stereocenters. The molecule has 3 rings (SSSR count). The molecule has 0 spiro atoms. The molecule has 25 heavy (non-hydrogen) atoms. The third-order valence-electron chi connectivity index (χ3n) is 3.43. The highest BCUT2D eigenvalue weighted by atomic mass is 79.9. The van der Waals surface area contributed by atoms with E-state index in [2.05, 4.69) is 36.9 Å². The number of benzene rings is 1. The molecule has 0 aliphatic rings. The number of nitrogens with one attached hydrogen (secondary N) is 2. The van der Waals surface area contributed by atoms with Crippen molar-refractivity contribution in [2.24, 2.45) is 7.05 Å². The number of hydrazine groups is 1. The van der Waals surface area contributed by atoms with Crippen LogP contribution in [0, 0.1) is 0 Å². The van der Waals surface area contributed by atoms with Gasteiger partial charge in [-0.15, -0.1) is 0 Å². The fraction of sp³-hybridized carbons (Fsp3) is 0.0625. The number of halogens is 1. The predicted molar refractivity (Wildman–Crippen MR) is 93.9 cm³/mol. The van der Waals surface area contributed by atoms with E-state index in [1.54, 1.807) is 30.3 Å². The number of hydrogen-bond acceptors (Lipinski definition) is 5. The number of carbonyl (C=O) groups excluding carboxylic acids is 2. The van der Waals surface area contributed by atoms with Gasteiger partial charge in [-0.05, 0) is 28.1 Å². The number of pyridine rings is 1. The Hall–Kier alpha value is -3.07. The molecule has 0 aliphatic heterocycles. The summed E-state index contributed by atoms with van der Waals surface area (Å²) in [5, 5.41) is 4.76. The highest BCUT2D eigenvalue weighted by Crippen LogP contribution is 2.13. The molecule has 8 nitrogen and oxygen atoms in total. The third kappa shape index (κ3) is 3.41. The average Bonchev–Trinajstić information content (AvgIpc) is 2.62. The fourth-order valence-corrected chi connectivity index (χ4v) is 2.61. The van der Waals surface area contributed by atoms with Gasteiger partial charge in [-0.2, -0.15) is 5.10 Å². The maximum atomic E-state index is 12.4. The molecule has 2 heterocycles. The Labute approximate surface area is 150 Å². The van der Waals surface area contributed by atoms with E-state index in [1.165, 1.54) is 19.4 Å². The van der Waals surface area contributed by atoms with Gasteiger partial charge < -0.3 is 0 Å². The lowest BCUT2D eigenvalue weighted by Crippen LogP contribution is -2.42. The van der Waals surface area contributed by atoms with Crippen LogP contribution in [-0.2, 0) is 7.05 Å². The lowest BCUT2D eigenvalue weighted by Gasteiger charge is -2.10. The molecule has 0 atom stereocenters. The first-order valence-corrected chi connectivity index (χ1v) is 7.94. The molecule has 2 aromatic heterocycles. The average molecular weight is 402 g/mol. The van der Waals surface area contributed by atoms with Crippen molar-refractivity contribution in [3.05, 3.63) is 68.8 Å². The van der Waals surface area contributed by atoms with Crippen LogP contribution in [-0.4, -0.2) is 26.6 Å². The van der Waals surface area contributed by atoms with Crippen molar-refractivity contribution in [3.8, 4) is 0 Å². The van der Waals surface area contributed by atoms with Crippen molar-refractivity contribution in [1.29, 1.82) is 0 Å². The van der Waals surface area contributed by atoms with Crippen LogP contribution in [0.2, 0.25) is 0 Å². The summed E-state index contributed by atoms with van der Waals surface area (Å²) in [5.41, 5.74) is 4.59. The second-order valence-corrected chi connectivity index (χ2v) is 6.04. The van der Waals surface area contributed by atoms with Gasteiger partial charge in [0.15, 0.2) is 5.69 Å². The first kappa shape index (κ1) is 16.8. The Kier molecular flexibility index (Phi) is 4.57. The summed E-state index contributed by atoms with van der Waals surface area (Å²) >= 11 is 3.22. The van der Waals surface area contributed by atoms with Gasteiger partial charge in [0.05, 0.1) is 10.9 Å². The van der Waals surface area contributed by atoms with Crippen LogP contribution in [0.1, 0.15) is 20.8 Å². The number of hydrogen-bond donors (Lipinski definition) is 2. The standard InChI is InChI=1S/C16H12BrN5O3/c1-22-16(25)12-5-3-2-4-11(12)13(21-22)15(24)20-19-14(23)9-6-10(17)8-18-7-9/h2-8H,1H3,(H,19,23)(H,20,24). The summed E-state index contributed by atoms with van der Waals surface area (Å²) in [7, 11) is 1.46. The van der Waals surface area contributed by atoms with Gasteiger partial charge in [0, 0.05) is 29.3 Å². The minimum absolute atomic E-state index is 0.0327. The van der Waals surface area contributed by atoms with E-state index in [9.17, 15) is 14.4 Å². The minimum Gasteiger partial charge on any atom is -0.267 e. The monoisotopic (exact) mass is 401 g/mol. The van der Waals surface area contributed by atoms with Gasteiger partial charge in [0.25, 0.3) is 17.4 Å². The summed E-state index contributed by atoms with van der Waals surface area (Å²) in [6, 6.07) is 8.20. The summed E-state index contributed by atoms with van der Waals surface area (Å²) < 4.78 is 1.72. The Balaban J connectivity index is 1.85. The van der Waals surface area contributed by atoms with E-state index < -0.39 is 11.8 Å². The van der Waals surface area contributed by atoms with Gasteiger partial charge in [0.2, 0.25) is 0 Å². The van der Waals surface area contributed by atoms with Crippen LogP contribution in [0.3, 0.4) is 0 Å². The van der Waals surface area contributed by atoms with Crippen LogP contribution in [0.4, 0.5) is 0 Å². The zero-order valence-electron chi connectivity index (χ0n) is 13.0. The number of nitrogens with zero attached hydrogens (tertiary/aromatic N) is 3. The minimum atomic E-state index is -0.636. The Morgan fingerprint density at radius 1 is 1.08 bits per heavy atom. The van der Waals surface area contributed by atoms with Crippen LogP contribution < -0.4 is 16.4 Å². The van der Waals surface area contributed by atoms with Crippen molar-refractivity contribution in [2.45, 2.75) is 0 Å². The third-order valence-corrected chi connectivity index (χ3v) is 3.86. The molecule has 1 aromatic carbocycles. The number of fused-ring (bicyclic) bond motifs is 1. The van der Waals surface area contributed by atoms with E-state index in [0.29, 0.717) is 15.2 Å². The van der Waals surface area contributed by atoms with Crippen molar-refractivity contribution in [3.63, 3.8) is 0 Å². The van der Waals surface area contributed by atoms with E-state index in [1.807, 2.05) is 0 Å². The Morgan fingerprint density at radius 2 is 1.76 bits per heavy atom. The molecule has 0 bridgehead atoms. The van der Waals surface area contributed by atoms with Gasteiger partial charge in [-0.25, -0.2) is 4.68 Å². The number of aryl methyl sites for hydroxylation is 1. The molecule has 2 N–H and O–H groups in total. The maximum absolute atomic E-state index is 12.4. The molecule has 0 saturated heterocycles. The van der Waals surface area contributed by atoms with E-state index >= 15 is 0 Å². The molecule has 126 valence electrons. The molecular weight excluding hydrogens is 390 g/mol. The topological polar surface area (TPSA) is 106 Å². The molecular formula is C16H12BrN5O3. The normalized spacial score (nSPS) is 10.5. The lowest BCUT2D eigenvalue weighted by atomic mass is 10.1. The van der Waals surface area contributed by atoms with Crippen LogP contribution in [0.15, 0.2) is 52.0 Å². The summed E-state index contributed by atoms with van der Waals surface area (Å²) in [4.78, 5) is 40.4. The van der Waals surface area contributed by atoms with Gasteiger partial charge in [-0.3, -0.25) is 30.2 Å². The number of aromatic nitrogens is 3. The highest BCUT2D eigenvalue weighted by molar-refractivity contribution is 9.10. The van der Waals surface area contributed by atoms with E-state index in [4.69, 9.17) is 0 Å². The highest BCUT2D eigenvalue weighted by Gasteiger charge is 2.16. The lowest BCUT2D eigenvalue weighted by molar-refractivity contribution is 0.0843. The van der Waals surface area contributed by atoms with Crippen molar-refractivity contribution in [1.82, 2.24) is 25.6 Å². The van der Waals surface area contributed by atoms with Crippen molar-refractivity contribution >= 4 is 38.5 Å². The first-order chi connectivity index (χ1) is 12.0. The van der Waals surface area contributed by atoms with Crippen molar-refractivity contribution in [2.75, 3.05) is 0 Å². The quantitative estimate of drug-likeness (QED) is 0.626. The van der Waals surface area contributed by atoms with Crippen LogP contribution in [0.5, 0.6) is 0 Å². The smallest absolute Gasteiger partial charge is 0.267 e. The Morgan fingerprint density at radius 3 is 2.48 bits per heavy atom. The molecule has 0 fully saturated rings. The second kappa shape index (κ2) is 6.81. The zero-order valence-corrected chi connectivity index (χ0v) is 14.6. The predicted octanol–water partition coefficient (Wildman–Crippen LogP) is 1.17. The molecule has 0 radical (unpaired) electrons. The van der Waals surface area contributed by atoms with Gasteiger partial charge >= 0.3 is 0 Å². The number of carbonyl (C=O) groups is 2. The number of rotatable bonds is 2. The van der Waals surface area contributed by atoms with Gasteiger partial charge in [0.1, 0.15) is 0 Å². The van der Waals surface area contributed by atoms with Crippen molar-refractivity contribution < 1.29 is 9.59 Å². The van der Waals surface area contributed by atoms with Gasteiger partial charge in [-0.1, -0.05) is 18.2 Å². The van der Waals surface area contributed by atoms with Crippen LogP contribution in [0.25, 0.3) is 10.8 Å². The number of amides is 2. The van der Waals surface area contributed by atoms with E-state index in [-0.39, 0.29) is 16.8 Å². The maximum Gasteiger partial charge on any atom is 0.290 e. The molecule has 9 heteroatoms. The summed E-state index contributed by atoms with van der Waals surface area (Å²) in [5.74, 6) is -1.17. The SMILES string of the molecule is Cn1nc(C(=O)NNC(=O)c2cncc(Br)c2)c2ccccc2c1=O. The summed E-state index contributed by atoms with van der Waals surface area (Å²) in [6.45, 7) is 0. The zero-order chi connectivity index (χ0) is 18.0. The summed E-state index contributed by atoms with van der Waals surface area (Å²) in [6.07, 6.45) is 2.90.